The molecule has 9 nitrogen and oxygen atoms in total. The van der Waals surface area contributed by atoms with Crippen molar-refractivity contribution in [2.45, 2.75) is 0 Å². The fraction of sp³-hybridized carbons (Fsp3) is 0. The van der Waals surface area contributed by atoms with Gasteiger partial charge in [0.1, 0.15) is 11.6 Å². The molecule has 0 fully saturated rings. The van der Waals surface area contributed by atoms with E-state index in [-0.39, 0.29) is 22.5 Å². The number of nitriles is 1. The van der Waals surface area contributed by atoms with Crippen LogP contribution in [-0.2, 0) is 0 Å². The molecule has 0 saturated heterocycles. The highest BCUT2D eigenvalue weighted by molar-refractivity contribution is 7.13. The number of anilines is 1. The number of fused-ring (bicyclic) bond motifs is 1. The molecule has 0 saturated carbocycles. The molecule has 0 unspecified atom stereocenters. The van der Waals surface area contributed by atoms with Gasteiger partial charge in [0.25, 0.3) is 11.6 Å². The SMILES string of the molecule is N#Cc1cc([N+](=O)[O-])ccc1NC(=O)c1cnn2c(-c3cccs3)ccnc12. The number of thiophene rings is 1. The van der Waals surface area contributed by atoms with E-state index >= 15 is 0 Å². The van der Waals surface area contributed by atoms with Crippen LogP contribution in [0.1, 0.15) is 15.9 Å². The summed E-state index contributed by atoms with van der Waals surface area (Å²) in [5, 5.41) is 28.9. The van der Waals surface area contributed by atoms with E-state index in [1.54, 1.807) is 16.8 Å². The Hall–Kier alpha value is -4.10. The van der Waals surface area contributed by atoms with Gasteiger partial charge in [0.05, 0.1) is 32.9 Å². The molecule has 1 amide bonds. The topological polar surface area (TPSA) is 126 Å². The highest BCUT2D eigenvalue weighted by atomic mass is 32.1. The molecule has 4 aromatic rings. The zero-order valence-electron chi connectivity index (χ0n) is 14.1. The zero-order chi connectivity index (χ0) is 19.7. The number of aromatic nitrogens is 3. The fourth-order valence-corrected chi connectivity index (χ4v) is 3.44. The molecule has 3 aromatic heterocycles. The Labute approximate surface area is 161 Å². The summed E-state index contributed by atoms with van der Waals surface area (Å²) in [5.41, 5.74) is 1.32. The van der Waals surface area contributed by atoms with Crippen LogP contribution in [0.5, 0.6) is 0 Å². The van der Waals surface area contributed by atoms with Crippen molar-refractivity contribution in [3.05, 3.63) is 75.4 Å². The van der Waals surface area contributed by atoms with Gasteiger partial charge in [-0.2, -0.15) is 10.4 Å². The van der Waals surface area contributed by atoms with Gasteiger partial charge in [0.2, 0.25) is 0 Å². The number of hydrogen-bond acceptors (Lipinski definition) is 7. The minimum Gasteiger partial charge on any atom is -0.321 e. The third kappa shape index (κ3) is 2.95. The second kappa shape index (κ2) is 6.90. The molecule has 10 heteroatoms. The van der Waals surface area contributed by atoms with Gasteiger partial charge < -0.3 is 5.32 Å². The van der Waals surface area contributed by atoms with Gasteiger partial charge in [-0.3, -0.25) is 14.9 Å². The Morgan fingerprint density at radius 1 is 1.32 bits per heavy atom. The van der Waals surface area contributed by atoms with Gasteiger partial charge in [0.15, 0.2) is 5.65 Å². The average molecular weight is 390 g/mol. The van der Waals surface area contributed by atoms with Crippen LogP contribution in [0, 0.1) is 21.4 Å². The first-order chi connectivity index (χ1) is 13.6. The number of non-ortho nitro benzene ring substituents is 1. The van der Waals surface area contributed by atoms with E-state index in [0.29, 0.717) is 5.65 Å². The Morgan fingerprint density at radius 3 is 2.89 bits per heavy atom. The summed E-state index contributed by atoms with van der Waals surface area (Å²) in [7, 11) is 0. The Balaban J connectivity index is 1.70. The van der Waals surface area contributed by atoms with E-state index in [9.17, 15) is 20.2 Å². The highest BCUT2D eigenvalue weighted by Crippen LogP contribution is 2.26. The number of nitrogens with one attached hydrogen (secondary N) is 1. The third-order valence-electron chi connectivity index (χ3n) is 4.00. The van der Waals surface area contributed by atoms with Crippen molar-refractivity contribution in [3.63, 3.8) is 0 Å². The maximum absolute atomic E-state index is 12.7. The van der Waals surface area contributed by atoms with Crippen LogP contribution in [0.15, 0.2) is 54.2 Å². The lowest BCUT2D eigenvalue weighted by Gasteiger charge is -2.06. The van der Waals surface area contributed by atoms with Crippen molar-refractivity contribution < 1.29 is 9.72 Å². The summed E-state index contributed by atoms with van der Waals surface area (Å²) in [6.07, 6.45) is 2.99. The molecule has 0 radical (unpaired) electrons. The van der Waals surface area contributed by atoms with Crippen LogP contribution in [0.2, 0.25) is 0 Å². The van der Waals surface area contributed by atoms with E-state index in [1.807, 2.05) is 23.6 Å². The zero-order valence-corrected chi connectivity index (χ0v) is 14.9. The number of amides is 1. The van der Waals surface area contributed by atoms with Crippen LogP contribution < -0.4 is 5.32 Å². The predicted octanol–water partition coefficient (Wildman–Crippen LogP) is 3.49. The molecule has 4 rings (SSSR count). The van der Waals surface area contributed by atoms with Crippen LogP contribution in [0.4, 0.5) is 11.4 Å². The van der Waals surface area contributed by atoms with Crippen molar-refractivity contribution in [2.24, 2.45) is 0 Å². The van der Waals surface area contributed by atoms with E-state index in [1.165, 1.54) is 29.7 Å². The van der Waals surface area contributed by atoms with E-state index in [2.05, 4.69) is 15.4 Å². The first kappa shape index (κ1) is 17.3. The van der Waals surface area contributed by atoms with Crippen LogP contribution in [-0.4, -0.2) is 25.4 Å². The second-order valence-corrected chi connectivity index (χ2v) is 6.60. The molecular formula is C18H10N6O3S. The maximum Gasteiger partial charge on any atom is 0.270 e. The number of rotatable bonds is 4. The Morgan fingerprint density at radius 2 is 2.18 bits per heavy atom. The number of nitrogens with zero attached hydrogens (tertiary/aromatic N) is 5. The minimum atomic E-state index is -0.603. The van der Waals surface area contributed by atoms with E-state index in [0.717, 1.165) is 16.6 Å². The average Bonchev–Trinajstić information content (AvgIpc) is 3.37. The van der Waals surface area contributed by atoms with Crippen molar-refractivity contribution in [1.29, 1.82) is 5.26 Å². The van der Waals surface area contributed by atoms with Crippen LogP contribution in [0.25, 0.3) is 16.2 Å². The summed E-state index contributed by atoms with van der Waals surface area (Å²) in [5.74, 6) is -0.517. The largest absolute Gasteiger partial charge is 0.321 e. The van der Waals surface area contributed by atoms with Crippen molar-refractivity contribution in [1.82, 2.24) is 14.6 Å². The molecular weight excluding hydrogens is 380 g/mol. The number of nitro benzene ring substituents is 1. The van der Waals surface area contributed by atoms with Crippen LogP contribution in [0.3, 0.4) is 0 Å². The van der Waals surface area contributed by atoms with Gasteiger partial charge in [-0.1, -0.05) is 6.07 Å². The molecule has 0 bridgehead atoms. The molecule has 0 aliphatic heterocycles. The van der Waals surface area contributed by atoms with E-state index < -0.39 is 10.8 Å². The first-order valence-corrected chi connectivity index (χ1v) is 8.83. The maximum atomic E-state index is 12.7. The summed E-state index contributed by atoms with van der Waals surface area (Å²) in [4.78, 5) is 28.2. The summed E-state index contributed by atoms with van der Waals surface area (Å²) >= 11 is 1.54. The molecule has 1 aromatic carbocycles. The smallest absolute Gasteiger partial charge is 0.270 e. The number of benzene rings is 1. The molecule has 0 spiro atoms. The lowest BCUT2D eigenvalue weighted by molar-refractivity contribution is -0.384. The molecule has 0 atom stereocenters. The van der Waals surface area contributed by atoms with Gasteiger partial charge in [-0.05, 0) is 23.6 Å². The molecule has 28 heavy (non-hydrogen) atoms. The molecule has 0 aliphatic carbocycles. The second-order valence-electron chi connectivity index (χ2n) is 5.65. The standard InChI is InChI=1S/C18H10N6O3S/c19-9-11-8-12(24(26)27)3-4-14(11)22-18(25)13-10-21-23-15(5-6-20-17(13)23)16-2-1-7-28-16/h1-8,10H,(H,22,25). The number of carbonyl (C=O) groups is 1. The molecule has 1 N–H and O–H groups in total. The minimum absolute atomic E-state index is 0.00809. The van der Waals surface area contributed by atoms with Crippen LogP contribution >= 0.6 is 11.3 Å². The monoisotopic (exact) mass is 390 g/mol. The third-order valence-corrected chi connectivity index (χ3v) is 4.89. The van der Waals surface area contributed by atoms with Gasteiger partial charge in [-0.25, -0.2) is 9.50 Å². The highest BCUT2D eigenvalue weighted by Gasteiger charge is 2.19. The van der Waals surface area contributed by atoms with Crippen molar-refractivity contribution in [2.75, 3.05) is 5.32 Å². The fourth-order valence-electron chi connectivity index (χ4n) is 2.70. The summed E-state index contributed by atoms with van der Waals surface area (Å²) in [6, 6.07) is 11.2. The Kier molecular flexibility index (Phi) is 4.27. The number of carbonyl (C=O) groups excluding carboxylic acids is 1. The van der Waals surface area contributed by atoms with Crippen molar-refractivity contribution in [3.8, 4) is 16.6 Å². The summed E-state index contributed by atoms with van der Waals surface area (Å²) < 4.78 is 1.57. The van der Waals surface area contributed by atoms with Gasteiger partial charge >= 0.3 is 0 Å². The normalized spacial score (nSPS) is 10.5. The lowest BCUT2D eigenvalue weighted by Crippen LogP contribution is -2.13. The first-order valence-electron chi connectivity index (χ1n) is 7.95. The molecule has 3 heterocycles. The van der Waals surface area contributed by atoms with Crippen molar-refractivity contribution >= 4 is 34.3 Å². The summed E-state index contributed by atoms with van der Waals surface area (Å²) in [6.45, 7) is 0. The van der Waals surface area contributed by atoms with E-state index in [4.69, 9.17) is 0 Å². The van der Waals surface area contributed by atoms with Gasteiger partial charge in [0, 0.05) is 18.3 Å². The molecule has 0 aliphatic rings. The van der Waals surface area contributed by atoms with Gasteiger partial charge in [-0.15, -0.1) is 11.3 Å². The number of nitro groups is 1. The molecule has 136 valence electrons. The predicted molar refractivity (Wildman–Crippen MR) is 102 cm³/mol. The quantitative estimate of drug-likeness (QED) is 0.420. The number of hydrogen-bond donors (Lipinski definition) is 1. The lowest BCUT2D eigenvalue weighted by atomic mass is 10.1. The Bertz CT molecular complexity index is 1260.